The van der Waals surface area contributed by atoms with Crippen LogP contribution < -0.4 is 9.47 Å². The number of hydrogen-bond acceptors (Lipinski definition) is 2. The lowest BCUT2D eigenvalue weighted by Gasteiger charge is -2.15. The molecule has 0 aromatic heterocycles. The van der Waals surface area contributed by atoms with Gasteiger partial charge in [-0.25, -0.2) is 0 Å². The molecule has 0 heterocycles. The van der Waals surface area contributed by atoms with E-state index >= 15 is 0 Å². The predicted octanol–water partition coefficient (Wildman–Crippen LogP) is 7.18. The second kappa shape index (κ2) is 11.7. The minimum absolute atomic E-state index is 0.603. The molecule has 0 radical (unpaired) electrons. The molecule has 27 heavy (non-hydrogen) atoms. The van der Waals surface area contributed by atoms with Crippen molar-refractivity contribution in [1.82, 2.24) is 0 Å². The molecule has 2 heteroatoms. The number of rotatable bonds is 12. The maximum Gasteiger partial charge on any atom is 0.123 e. The van der Waals surface area contributed by atoms with E-state index < -0.39 is 0 Å². The van der Waals surface area contributed by atoms with Crippen LogP contribution in [0.15, 0.2) is 36.4 Å². The minimum Gasteiger partial charge on any atom is -0.493 e. The Morgan fingerprint density at radius 3 is 1.85 bits per heavy atom. The van der Waals surface area contributed by atoms with Gasteiger partial charge in [-0.1, -0.05) is 63.8 Å². The molecule has 0 saturated carbocycles. The Labute approximate surface area is 165 Å². The highest BCUT2D eigenvalue weighted by molar-refractivity contribution is 5.47. The zero-order valence-corrected chi connectivity index (χ0v) is 17.6. The quantitative estimate of drug-likeness (QED) is 0.369. The van der Waals surface area contributed by atoms with Crippen molar-refractivity contribution in [3.8, 4) is 11.5 Å². The van der Waals surface area contributed by atoms with E-state index in [4.69, 9.17) is 9.47 Å². The van der Waals surface area contributed by atoms with Crippen LogP contribution in [0.1, 0.15) is 74.6 Å². The van der Waals surface area contributed by atoms with Gasteiger partial charge < -0.3 is 9.47 Å². The zero-order valence-electron chi connectivity index (χ0n) is 17.6. The molecule has 2 nitrogen and oxygen atoms in total. The van der Waals surface area contributed by atoms with Crippen molar-refractivity contribution < 1.29 is 9.47 Å². The van der Waals surface area contributed by atoms with Crippen molar-refractivity contribution in [3.05, 3.63) is 58.7 Å². The highest BCUT2D eigenvalue weighted by Gasteiger charge is 2.09. The summed E-state index contributed by atoms with van der Waals surface area (Å²) in [6.07, 6.45) is 8.56. The molecule has 0 fully saturated rings. The normalized spacial score (nSPS) is 10.8. The number of benzene rings is 2. The van der Waals surface area contributed by atoms with Crippen molar-refractivity contribution in [1.29, 1.82) is 0 Å². The molecular weight excluding hydrogens is 332 g/mol. The van der Waals surface area contributed by atoms with Crippen molar-refractivity contribution in [3.63, 3.8) is 0 Å². The van der Waals surface area contributed by atoms with Crippen LogP contribution in [0, 0.1) is 13.8 Å². The molecular formula is C25H36O2. The average molecular weight is 369 g/mol. The molecule has 0 unspecified atom stereocenters. The first kappa shape index (κ1) is 21.3. The van der Waals surface area contributed by atoms with Gasteiger partial charge in [0.25, 0.3) is 0 Å². The SMILES string of the molecule is CCCCCCOc1ccc(OCc2ccc(CCCC)cc2)c(C)c1C. The van der Waals surface area contributed by atoms with Gasteiger partial charge in [-0.15, -0.1) is 0 Å². The van der Waals surface area contributed by atoms with Gasteiger partial charge in [-0.3, -0.25) is 0 Å². The van der Waals surface area contributed by atoms with Gasteiger partial charge >= 0.3 is 0 Å². The molecule has 0 aliphatic rings. The summed E-state index contributed by atoms with van der Waals surface area (Å²) in [5, 5.41) is 0. The van der Waals surface area contributed by atoms with E-state index in [9.17, 15) is 0 Å². The van der Waals surface area contributed by atoms with E-state index in [2.05, 4.69) is 52.0 Å². The topological polar surface area (TPSA) is 18.5 Å². The molecule has 0 atom stereocenters. The zero-order chi connectivity index (χ0) is 19.5. The summed E-state index contributed by atoms with van der Waals surface area (Å²) in [4.78, 5) is 0. The van der Waals surface area contributed by atoms with Gasteiger partial charge in [0.2, 0.25) is 0 Å². The first-order valence-electron chi connectivity index (χ1n) is 10.6. The molecule has 2 aromatic rings. The molecule has 0 bridgehead atoms. The number of aryl methyl sites for hydroxylation is 1. The third kappa shape index (κ3) is 6.93. The fraction of sp³-hybridized carbons (Fsp3) is 0.520. The maximum absolute atomic E-state index is 6.08. The van der Waals surface area contributed by atoms with Gasteiger partial charge in [0.05, 0.1) is 6.61 Å². The predicted molar refractivity (Wildman–Crippen MR) is 115 cm³/mol. The molecule has 2 aromatic carbocycles. The molecule has 0 N–H and O–H groups in total. The van der Waals surface area contributed by atoms with Crippen LogP contribution in [-0.4, -0.2) is 6.61 Å². The van der Waals surface area contributed by atoms with E-state index in [0.717, 1.165) is 30.9 Å². The van der Waals surface area contributed by atoms with E-state index in [1.807, 2.05) is 12.1 Å². The number of ether oxygens (including phenoxy) is 2. The highest BCUT2D eigenvalue weighted by atomic mass is 16.5. The van der Waals surface area contributed by atoms with Crippen LogP contribution in [0.4, 0.5) is 0 Å². The lowest BCUT2D eigenvalue weighted by atomic mass is 10.1. The van der Waals surface area contributed by atoms with Crippen LogP contribution >= 0.6 is 0 Å². The fourth-order valence-corrected chi connectivity index (χ4v) is 3.14. The van der Waals surface area contributed by atoms with Crippen molar-refractivity contribution in [2.24, 2.45) is 0 Å². The molecule has 0 spiro atoms. The third-order valence-electron chi connectivity index (χ3n) is 5.18. The van der Waals surface area contributed by atoms with Gasteiger partial charge in [0.15, 0.2) is 0 Å². The third-order valence-corrected chi connectivity index (χ3v) is 5.18. The Kier molecular flexibility index (Phi) is 9.24. The van der Waals surface area contributed by atoms with E-state index in [0.29, 0.717) is 6.61 Å². The van der Waals surface area contributed by atoms with Crippen LogP contribution in [0.5, 0.6) is 11.5 Å². The number of unbranched alkanes of at least 4 members (excludes halogenated alkanes) is 4. The smallest absolute Gasteiger partial charge is 0.123 e. The summed E-state index contributed by atoms with van der Waals surface area (Å²) in [6.45, 7) is 10.1. The Morgan fingerprint density at radius 2 is 1.22 bits per heavy atom. The second-order valence-electron chi connectivity index (χ2n) is 7.43. The van der Waals surface area contributed by atoms with Crippen LogP contribution in [-0.2, 0) is 13.0 Å². The van der Waals surface area contributed by atoms with Crippen LogP contribution in [0.3, 0.4) is 0 Å². The Hall–Kier alpha value is -1.96. The van der Waals surface area contributed by atoms with E-state index in [1.54, 1.807) is 0 Å². The van der Waals surface area contributed by atoms with E-state index in [-0.39, 0.29) is 0 Å². The largest absolute Gasteiger partial charge is 0.493 e. The van der Waals surface area contributed by atoms with Crippen molar-refractivity contribution >= 4 is 0 Å². The Morgan fingerprint density at radius 1 is 0.630 bits per heavy atom. The van der Waals surface area contributed by atoms with Gasteiger partial charge in [-0.2, -0.15) is 0 Å². The lowest BCUT2D eigenvalue weighted by molar-refractivity contribution is 0.293. The van der Waals surface area contributed by atoms with Crippen molar-refractivity contribution in [2.45, 2.75) is 79.2 Å². The molecule has 0 aliphatic carbocycles. The molecule has 2 rings (SSSR count). The summed E-state index contributed by atoms with van der Waals surface area (Å²) >= 11 is 0. The average Bonchev–Trinajstić information content (AvgIpc) is 2.69. The first-order valence-corrected chi connectivity index (χ1v) is 10.6. The Bertz CT molecular complexity index is 673. The second-order valence-corrected chi connectivity index (χ2v) is 7.43. The summed E-state index contributed by atoms with van der Waals surface area (Å²) in [5.74, 6) is 1.93. The highest BCUT2D eigenvalue weighted by Crippen LogP contribution is 2.30. The fourth-order valence-electron chi connectivity index (χ4n) is 3.14. The molecule has 0 amide bonds. The maximum atomic E-state index is 6.08. The molecule has 0 saturated heterocycles. The summed E-state index contributed by atoms with van der Waals surface area (Å²) < 4.78 is 12.1. The first-order chi connectivity index (χ1) is 13.2. The van der Waals surface area contributed by atoms with Gasteiger partial charge in [0, 0.05) is 0 Å². The molecule has 148 valence electrons. The summed E-state index contributed by atoms with van der Waals surface area (Å²) in [7, 11) is 0. The van der Waals surface area contributed by atoms with Gasteiger partial charge in [-0.05, 0) is 67.5 Å². The monoisotopic (exact) mass is 368 g/mol. The Balaban J connectivity index is 1.88. The summed E-state index contributed by atoms with van der Waals surface area (Å²) in [5.41, 5.74) is 4.97. The van der Waals surface area contributed by atoms with Crippen LogP contribution in [0.25, 0.3) is 0 Å². The number of hydrogen-bond donors (Lipinski definition) is 0. The minimum atomic E-state index is 0.603. The summed E-state index contributed by atoms with van der Waals surface area (Å²) in [6, 6.07) is 12.9. The molecule has 0 aliphatic heterocycles. The van der Waals surface area contributed by atoms with Gasteiger partial charge in [0.1, 0.15) is 18.1 Å². The van der Waals surface area contributed by atoms with Crippen LogP contribution in [0.2, 0.25) is 0 Å². The lowest BCUT2D eigenvalue weighted by Crippen LogP contribution is -2.02. The van der Waals surface area contributed by atoms with Crippen molar-refractivity contribution in [2.75, 3.05) is 6.61 Å². The standard InChI is InChI=1S/C25H36O2/c1-5-7-9-10-18-26-24-16-17-25(21(4)20(24)3)27-19-23-14-12-22(13-15-23)11-8-6-2/h12-17H,5-11,18-19H2,1-4H3. The van der Waals surface area contributed by atoms with E-state index in [1.165, 1.54) is 54.4 Å².